The maximum absolute atomic E-state index is 10.9. The summed E-state index contributed by atoms with van der Waals surface area (Å²) in [6.45, 7) is 3.04. The standard InChI is InChI=1S/C13H21N3O/c1-2-7-16-12(5-6-14-16)13(17)8-10-3-4-11(9-13)15-10/h5-6,10-11,15,17H,2-4,7-9H2,1H3. The lowest BCUT2D eigenvalue weighted by Crippen LogP contribution is -2.47. The number of hydrogen-bond acceptors (Lipinski definition) is 3. The molecule has 1 aromatic rings. The molecule has 2 N–H and O–H groups in total. The molecular weight excluding hydrogens is 214 g/mol. The monoisotopic (exact) mass is 235 g/mol. The molecule has 2 saturated heterocycles. The number of nitrogens with zero attached hydrogens (tertiary/aromatic N) is 2. The Morgan fingerprint density at radius 2 is 2.18 bits per heavy atom. The van der Waals surface area contributed by atoms with Crippen LogP contribution in [0.5, 0.6) is 0 Å². The molecule has 4 heteroatoms. The van der Waals surface area contributed by atoms with Crippen LogP contribution in [0.1, 0.15) is 44.7 Å². The van der Waals surface area contributed by atoms with Crippen molar-refractivity contribution in [3.05, 3.63) is 18.0 Å². The van der Waals surface area contributed by atoms with Crippen molar-refractivity contribution < 1.29 is 5.11 Å². The third-order valence-electron chi connectivity index (χ3n) is 4.13. The molecule has 0 amide bonds. The van der Waals surface area contributed by atoms with Crippen LogP contribution in [0.15, 0.2) is 12.3 Å². The number of rotatable bonds is 3. The second-order valence-corrected chi connectivity index (χ2v) is 5.52. The highest BCUT2D eigenvalue weighted by atomic mass is 16.3. The van der Waals surface area contributed by atoms with Crippen molar-refractivity contribution in [1.29, 1.82) is 0 Å². The minimum atomic E-state index is -0.664. The molecule has 4 nitrogen and oxygen atoms in total. The summed E-state index contributed by atoms with van der Waals surface area (Å²) in [4.78, 5) is 0. The van der Waals surface area contributed by atoms with Crippen molar-refractivity contribution in [2.24, 2.45) is 0 Å². The molecule has 2 atom stereocenters. The molecular formula is C13H21N3O. The van der Waals surface area contributed by atoms with Gasteiger partial charge in [-0.05, 0) is 38.2 Å². The Balaban J connectivity index is 1.89. The highest BCUT2D eigenvalue weighted by Crippen LogP contribution is 2.40. The van der Waals surface area contributed by atoms with Gasteiger partial charge in [0.15, 0.2) is 0 Å². The SMILES string of the molecule is CCCn1nccc1C1(O)CC2CCC(C1)N2. The largest absolute Gasteiger partial charge is 0.383 e. The summed E-state index contributed by atoms with van der Waals surface area (Å²) in [5.41, 5.74) is 0.348. The van der Waals surface area contributed by atoms with E-state index in [1.807, 2.05) is 16.9 Å². The first-order chi connectivity index (χ1) is 8.21. The Kier molecular flexibility index (Phi) is 2.71. The normalized spacial score (nSPS) is 36.4. The molecule has 2 unspecified atom stereocenters. The average Bonchev–Trinajstić information content (AvgIpc) is 2.87. The Morgan fingerprint density at radius 1 is 1.47 bits per heavy atom. The molecule has 2 aliphatic heterocycles. The minimum Gasteiger partial charge on any atom is -0.383 e. The van der Waals surface area contributed by atoms with Crippen LogP contribution in [0.3, 0.4) is 0 Å². The molecule has 17 heavy (non-hydrogen) atoms. The van der Waals surface area contributed by atoms with Crippen LogP contribution in [-0.4, -0.2) is 27.0 Å². The van der Waals surface area contributed by atoms with Crippen LogP contribution in [0.4, 0.5) is 0 Å². The zero-order valence-electron chi connectivity index (χ0n) is 10.4. The number of fused-ring (bicyclic) bond motifs is 2. The molecule has 0 aromatic carbocycles. The van der Waals surface area contributed by atoms with Crippen LogP contribution in [-0.2, 0) is 12.1 Å². The van der Waals surface area contributed by atoms with Gasteiger partial charge in [0.2, 0.25) is 0 Å². The Morgan fingerprint density at radius 3 is 2.82 bits per heavy atom. The number of nitrogens with one attached hydrogen (secondary N) is 1. The van der Waals surface area contributed by atoms with Crippen LogP contribution in [0.25, 0.3) is 0 Å². The first-order valence-corrected chi connectivity index (χ1v) is 6.72. The predicted molar refractivity (Wildman–Crippen MR) is 65.6 cm³/mol. The summed E-state index contributed by atoms with van der Waals surface area (Å²) in [5.74, 6) is 0. The van der Waals surface area contributed by atoms with E-state index in [0.29, 0.717) is 12.1 Å². The summed E-state index contributed by atoms with van der Waals surface area (Å²) >= 11 is 0. The molecule has 0 spiro atoms. The Hall–Kier alpha value is -0.870. The molecule has 2 bridgehead atoms. The van der Waals surface area contributed by atoms with Crippen LogP contribution < -0.4 is 5.32 Å². The molecule has 0 aliphatic carbocycles. The average molecular weight is 235 g/mol. The van der Waals surface area contributed by atoms with Gasteiger partial charge in [0.05, 0.1) is 5.69 Å². The topological polar surface area (TPSA) is 50.1 Å². The first kappa shape index (κ1) is 11.2. The van der Waals surface area contributed by atoms with Crippen molar-refractivity contribution >= 4 is 0 Å². The second kappa shape index (κ2) is 4.10. The summed E-state index contributed by atoms with van der Waals surface area (Å²) in [6, 6.07) is 2.97. The van der Waals surface area contributed by atoms with Crippen LogP contribution in [0.2, 0.25) is 0 Å². The van der Waals surface area contributed by atoms with E-state index in [4.69, 9.17) is 0 Å². The molecule has 3 rings (SSSR count). The zero-order valence-corrected chi connectivity index (χ0v) is 10.4. The van der Waals surface area contributed by atoms with Gasteiger partial charge >= 0.3 is 0 Å². The van der Waals surface area contributed by atoms with Gasteiger partial charge in [-0.25, -0.2) is 0 Å². The van der Waals surface area contributed by atoms with Gasteiger partial charge in [-0.3, -0.25) is 4.68 Å². The molecule has 0 saturated carbocycles. The summed E-state index contributed by atoms with van der Waals surface area (Å²) in [6.07, 6.45) is 6.93. The number of aromatic nitrogens is 2. The minimum absolute atomic E-state index is 0.490. The maximum Gasteiger partial charge on any atom is 0.109 e. The lowest BCUT2D eigenvalue weighted by Gasteiger charge is -2.37. The fraction of sp³-hybridized carbons (Fsp3) is 0.769. The molecule has 2 aliphatic rings. The highest BCUT2D eigenvalue weighted by Gasteiger charge is 2.44. The third-order valence-corrected chi connectivity index (χ3v) is 4.13. The van der Waals surface area contributed by atoms with Gasteiger partial charge < -0.3 is 10.4 Å². The summed E-state index contributed by atoms with van der Waals surface area (Å²) < 4.78 is 1.98. The third kappa shape index (κ3) is 1.89. The van der Waals surface area contributed by atoms with E-state index in [1.54, 1.807) is 0 Å². The van der Waals surface area contributed by atoms with Crippen LogP contribution in [0, 0.1) is 0 Å². The van der Waals surface area contributed by atoms with Crippen molar-refractivity contribution in [2.75, 3.05) is 0 Å². The molecule has 2 fully saturated rings. The highest BCUT2D eigenvalue weighted by molar-refractivity contribution is 5.16. The van der Waals surface area contributed by atoms with Crippen molar-refractivity contribution in [3.8, 4) is 0 Å². The van der Waals surface area contributed by atoms with E-state index in [2.05, 4.69) is 17.3 Å². The lowest BCUT2D eigenvalue weighted by atomic mass is 9.84. The Bertz CT molecular complexity index is 389. The molecule has 1 aromatic heterocycles. The molecule has 94 valence electrons. The lowest BCUT2D eigenvalue weighted by molar-refractivity contribution is -0.0192. The van der Waals surface area contributed by atoms with E-state index < -0.39 is 5.60 Å². The van der Waals surface area contributed by atoms with E-state index >= 15 is 0 Å². The number of aryl methyl sites for hydroxylation is 1. The van der Waals surface area contributed by atoms with Crippen molar-refractivity contribution in [2.45, 2.75) is 63.3 Å². The van der Waals surface area contributed by atoms with Gasteiger partial charge in [0.25, 0.3) is 0 Å². The van der Waals surface area contributed by atoms with E-state index in [-0.39, 0.29) is 0 Å². The quantitative estimate of drug-likeness (QED) is 0.832. The van der Waals surface area contributed by atoms with Crippen molar-refractivity contribution in [1.82, 2.24) is 15.1 Å². The molecule has 0 radical (unpaired) electrons. The number of hydrogen-bond donors (Lipinski definition) is 2. The number of piperidine rings is 1. The van der Waals surface area contributed by atoms with Gasteiger partial charge in [-0.2, -0.15) is 5.10 Å². The van der Waals surface area contributed by atoms with Gasteiger partial charge in [-0.15, -0.1) is 0 Å². The summed E-state index contributed by atoms with van der Waals surface area (Å²) in [7, 11) is 0. The Labute approximate surface area is 102 Å². The van der Waals surface area contributed by atoms with Gasteiger partial charge in [-0.1, -0.05) is 6.92 Å². The van der Waals surface area contributed by atoms with Crippen LogP contribution >= 0.6 is 0 Å². The zero-order chi connectivity index (χ0) is 11.9. The fourth-order valence-electron chi connectivity index (χ4n) is 3.45. The number of aliphatic hydroxyl groups is 1. The summed E-state index contributed by atoms with van der Waals surface area (Å²) in [5, 5.41) is 18.8. The molecule has 3 heterocycles. The fourth-order valence-corrected chi connectivity index (χ4v) is 3.45. The first-order valence-electron chi connectivity index (χ1n) is 6.72. The predicted octanol–water partition coefficient (Wildman–Crippen LogP) is 1.40. The van der Waals surface area contributed by atoms with Crippen molar-refractivity contribution in [3.63, 3.8) is 0 Å². The smallest absolute Gasteiger partial charge is 0.109 e. The van der Waals surface area contributed by atoms with Gasteiger partial charge in [0.1, 0.15) is 5.60 Å². The van der Waals surface area contributed by atoms with Gasteiger partial charge in [0, 0.05) is 24.8 Å². The van der Waals surface area contributed by atoms with E-state index in [9.17, 15) is 5.11 Å². The maximum atomic E-state index is 10.9. The second-order valence-electron chi connectivity index (χ2n) is 5.52. The van der Waals surface area contributed by atoms with E-state index in [1.165, 1.54) is 12.8 Å². The van der Waals surface area contributed by atoms with E-state index in [0.717, 1.165) is 31.5 Å².